The molecule has 5 heterocycles. The van der Waals surface area contributed by atoms with Crippen molar-refractivity contribution in [1.82, 2.24) is 19.9 Å². The first-order chi connectivity index (χ1) is 38.0. The number of thioether (sulfide) groups is 1. The minimum Gasteiger partial charge on any atom is -0.497 e. The van der Waals surface area contributed by atoms with Crippen molar-refractivity contribution >= 4 is 59.0 Å². The number of methoxy groups -OCH3 is 2. The average molecular weight is 1130 g/mol. The van der Waals surface area contributed by atoms with Gasteiger partial charge in [0.2, 0.25) is 5.88 Å². The van der Waals surface area contributed by atoms with Crippen LogP contribution in [-0.4, -0.2) is 97.7 Å². The number of fused-ring (bicyclic) bond motifs is 5. The molecular weight excluding hydrogens is 1070 g/mol. The number of aromatic nitrogens is 3. The molecule has 1 unspecified atom stereocenters. The Morgan fingerprint density at radius 1 is 0.787 bits per heavy atom. The summed E-state index contributed by atoms with van der Waals surface area (Å²) in [7, 11) is -0.286. The lowest BCUT2D eigenvalue weighted by Crippen LogP contribution is -2.69. The molecule has 3 aliphatic heterocycles. The highest BCUT2D eigenvalue weighted by Gasteiger charge is 2.57. The normalized spacial score (nSPS) is 18.1. The maximum Gasteiger partial charge on any atom is 0.417 e. The SMILES string of the molecule is COc1ccc(CN(Cc2ccc(OC)cc2)c2cc(-c3nc4c5c(nc(SC)nc5c3F)N3C[C@H]5CC[C@@H]([C@H]3C(CO[Si](c3ccccc3)(c3ccccc3)C(C)(C)C)O4)N5C(=O)OC(C)(C)C)c(C(F)(F)F)c(C)c2F)cc1. The Kier molecular flexibility index (Phi) is 15.4. The van der Waals surface area contributed by atoms with Crippen LogP contribution in [0.1, 0.15) is 76.6 Å². The summed E-state index contributed by atoms with van der Waals surface area (Å²) in [6.07, 6.45) is -3.86. The molecule has 19 heteroatoms. The fourth-order valence-electron chi connectivity index (χ4n) is 11.9. The van der Waals surface area contributed by atoms with Gasteiger partial charge in [0.05, 0.1) is 50.2 Å². The van der Waals surface area contributed by atoms with Gasteiger partial charge in [-0.2, -0.15) is 13.2 Å². The molecule has 4 atom stereocenters. The zero-order chi connectivity index (χ0) is 57.1. The number of carbonyl (C=O) groups excluding carboxylic acids is 1. The van der Waals surface area contributed by atoms with Crippen molar-refractivity contribution in [3.63, 3.8) is 0 Å². The van der Waals surface area contributed by atoms with Gasteiger partial charge in [-0.1, -0.05) is 117 Å². The Morgan fingerprint density at radius 3 is 1.88 bits per heavy atom. The summed E-state index contributed by atoms with van der Waals surface area (Å²) in [4.78, 5) is 34.4. The van der Waals surface area contributed by atoms with Crippen molar-refractivity contribution < 1.29 is 50.1 Å². The Balaban J connectivity index is 1.19. The van der Waals surface area contributed by atoms with Crippen LogP contribution in [0.25, 0.3) is 22.2 Å². The van der Waals surface area contributed by atoms with E-state index in [0.29, 0.717) is 35.5 Å². The van der Waals surface area contributed by atoms with Gasteiger partial charge in [0, 0.05) is 25.2 Å². The number of nitrogens with zero attached hydrogens (tertiary/aromatic N) is 6. The predicted octanol–water partition coefficient (Wildman–Crippen LogP) is 12.5. The smallest absolute Gasteiger partial charge is 0.417 e. The van der Waals surface area contributed by atoms with Gasteiger partial charge >= 0.3 is 12.3 Å². The zero-order valence-corrected chi connectivity index (χ0v) is 48.3. The van der Waals surface area contributed by atoms with Crippen LogP contribution in [0.15, 0.2) is 120 Å². The standard InChI is InChI=1S/C61H65F5N6O6SSi/c1-36-49(61(64,65)66)44(31-46(50(36)62)70(32-37-21-26-40(74-8)27-22-37)33-38-23-28-41(75-9)29-24-38)52-51(63)53-48-55(69-57(68-53)79-10)71-34-39-25-30-45(72(39)58(73)78-59(2,3)4)54(71)47(77-56(48)67-52)35-76-80(60(5,6)7,42-17-13-11-14-18-42)43-19-15-12-16-20-43/h11-24,26-29,31,39,45,47,54H,25,30,32-35H2,1-10H3/t39-,45+,47?,54+/m1/s1. The van der Waals surface area contributed by atoms with E-state index in [0.717, 1.165) is 35.1 Å². The number of rotatable bonds is 14. The van der Waals surface area contributed by atoms with Gasteiger partial charge in [-0.15, -0.1) is 0 Å². The van der Waals surface area contributed by atoms with E-state index in [1.54, 1.807) is 64.6 Å². The van der Waals surface area contributed by atoms with Gasteiger partial charge in [0.1, 0.15) is 51.4 Å². The van der Waals surface area contributed by atoms with Crippen LogP contribution in [0.5, 0.6) is 17.4 Å². The number of amides is 1. The van der Waals surface area contributed by atoms with E-state index in [-0.39, 0.29) is 65.7 Å². The fourth-order valence-corrected chi connectivity index (χ4v) is 16.9. The van der Waals surface area contributed by atoms with E-state index < -0.39 is 83.4 Å². The van der Waals surface area contributed by atoms with Crippen LogP contribution < -0.4 is 34.4 Å². The van der Waals surface area contributed by atoms with Crippen molar-refractivity contribution in [3.8, 4) is 28.6 Å². The van der Waals surface area contributed by atoms with E-state index >= 15 is 22.0 Å². The molecule has 0 aliphatic carbocycles. The molecule has 2 fully saturated rings. The van der Waals surface area contributed by atoms with E-state index in [9.17, 15) is 4.79 Å². The van der Waals surface area contributed by atoms with Crippen molar-refractivity contribution in [2.75, 3.05) is 43.4 Å². The lowest BCUT2D eigenvalue weighted by atomic mass is 9.95. The molecule has 0 N–H and O–H groups in total. The zero-order valence-electron chi connectivity index (χ0n) is 46.5. The van der Waals surface area contributed by atoms with Crippen molar-refractivity contribution in [2.24, 2.45) is 0 Å². The maximum atomic E-state index is 18.3. The van der Waals surface area contributed by atoms with Crippen LogP contribution in [0.3, 0.4) is 0 Å². The number of hydrogen-bond acceptors (Lipinski definition) is 12. The van der Waals surface area contributed by atoms with Gasteiger partial charge in [-0.05, 0) is 109 Å². The van der Waals surface area contributed by atoms with E-state index in [4.69, 9.17) is 33.3 Å². The minimum absolute atomic E-state index is 0.0273. The van der Waals surface area contributed by atoms with Gasteiger partial charge in [-0.25, -0.2) is 28.5 Å². The highest BCUT2D eigenvalue weighted by molar-refractivity contribution is 7.98. The second-order valence-electron chi connectivity index (χ2n) is 22.6. The average Bonchev–Trinajstić information content (AvgIpc) is 3.91. The summed E-state index contributed by atoms with van der Waals surface area (Å²) in [5.74, 6) is -1.16. The van der Waals surface area contributed by atoms with Gasteiger partial charge in [0.15, 0.2) is 11.0 Å². The summed E-state index contributed by atoms with van der Waals surface area (Å²) < 4.78 is 115. The topological polar surface area (TPSA) is 112 Å². The number of piperazine rings is 1. The number of alkyl halides is 3. The van der Waals surface area contributed by atoms with Crippen LogP contribution in [0, 0.1) is 18.6 Å². The lowest BCUT2D eigenvalue weighted by Gasteiger charge is -2.49. The summed E-state index contributed by atoms with van der Waals surface area (Å²) >= 11 is 1.13. The molecule has 2 aromatic heterocycles. The number of hydrogen-bond donors (Lipinski definition) is 0. The molecule has 420 valence electrons. The summed E-state index contributed by atoms with van der Waals surface area (Å²) in [5, 5.41) is 1.66. The third-order valence-corrected chi connectivity index (χ3v) is 21.0. The molecule has 3 aliphatic rings. The van der Waals surface area contributed by atoms with Crippen LogP contribution >= 0.6 is 11.8 Å². The fraction of sp³-hybridized carbons (Fsp3) is 0.377. The number of ether oxygens (including phenoxy) is 4. The minimum atomic E-state index is -5.20. The Labute approximate surface area is 468 Å². The Bertz CT molecular complexity index is 3320. The van der Waals surface area contributed by atoms with Crippen molar-refractivity contribution in [1.29, 1.82) is 0 Å². The molecule has 0 radical (unpaired) electrons. The van der Waals surface area contributed by atoms with Gasteiger partial charge in [-0.3, -0.25) is 4.90 Å². The molecule has 5 aromatic carbocycles. The van der Waals surface area contributed by atoms with E-state index in [2.05, 4.69) is 50.0 Å². The number of halogens is 5. The van der Waals surface area contributed by atoms with Gasteiger partial charge < -0.3 is 33.2 Å². The van der Waals surface area contributed by atoms with E-state index in [1.807, 2.05) is 62.1 Å². The maximum absolute atomic E-state index is 18.3. The molecule has 80 heavy (non-hydrogen) atoms. The van der Waals surface area contributed by atoms with Crippen molar-refractivity contribution in [3.05, 3.63) is 149 Å². The molecule has 2 saturated heterocycles. The number of pyridine rings is 1. The van der Waals surface area contributed by atoms with Crippen molar-refractivity contribution in [2.45, 2.75) is 121 Å². The highest BCUT2D eigenvalue weighted by Crippen LogP contribution is 2.50. The first-order valence-corrected chi connectivity index (χ1v) is 29.7. The monoisotopic (exact) mass is 1130 g/mol. The number of benzene rings is 5. The predicted molar refractivity (Wildman–Crippen MR) is 304 cm³/mol. The second-order valence-corrected chi connectivity index (χ2v) is 27.7. The molecule has 1 amide bonds. The molecule has 0 spiro atoms. The summed E-state index contributed by atoms with van der Waals surface area (Å²) in [6, 6.07) is 33.5. The third kappa shape index (κ3) is 10.5. The summed E-state index contributed by atoms with van der Waals surface area (Å²) in [5.41, 5.74) is -3.64. The highest BCUT2D eigenvalue weighted by atomic mass is 32.2. The largest absolute Gasteiger partial charge is 0.497 e. The first-order valence-electron chi connectivity index (χ1n) is 26.6. The number of carbonyl (C=O) groups is 1. The second kappa shape index (κ2) is 21.8. The Hall–Kier alpha value is -6.96. The molecule has 10 rings (SSSR count). The molecule has 7 aromatic rings. The summed E-state index contributed by atoms with van der Waals surface area (Å²) in [6.45, 7) is 13.1. The van der Waals surface area contributed by atoms with Crippen LogP contribution in [0.2, 0.25) is 5.04 Å². The van der Waals surface area contributed by atoms with E-state index in [1.165, 1.54) is 14.2 Å². The Morgan fingerprint density at radius 2 is 1.36 bits per heavy atom. The molecule has 0 saturated carbocycles. The van der Waals surface area contributed by atoms with Gasteiger partial charge in [0.25, 0.3) is 8.32 Å². The first kappa shape index (κ1) is 56.3. The molecular formula is C61H65F5N6O6SSi. The van der Waals surface area contributed by atoms with Crippen LogP contribution in [-0.2, 0) is 28.4 Å². The molecule has 12 nitrogen and oxygen atoms in total. The quantitative estimate of drug-likeness (QED) is 0.0447. The number of anilines is 2. The van der Waals surface area contributed by atoms with Crippen LogP contribution in [0.4, 0.5) is 38.3 Å². The molecule has 2 bridgehead atoms. The third-order valence-electron chi connectivity index (χ3n) is 15.4. The lowest BCUT2D eigenvalue weighted by molar-refractivity contribution is -0.137.